The summed E-state index contributed by atoms with van der Waals surface area (Å²) in [6.45, 7) is 0.154. The lowest BCUT2D eigenvalue weighted by molar-refractivity contribution is 0.288. The molecular weight excluding hydrogens is 292 g/mol. The highest BCUT2D eigenvalue weighted by molar-refractivity contribution is 6.31. The molecule has 1 aliphatic rings. The molecule has 7 heteroatoms. The number of nitriles is 1. The molecule has 1 saturated carbocycles. The molecule has 0 saturated heterocycles. The van der Waals surface area contributed by atoms with Gasteiger partial charge in [-0.25, -0.2) is 9.89 Å². The van der Waals surface area contributed by atoms with Crippen molar-refractivity contribution in [1.29, 1.82) is 5.26 Å². The first-order chi connectivity index (χ1) is 10.1. The van der Waals surface area contributed by atoms with Crippen molar-refractivity contribution in [1.82, 2.24) is 14.8 Å². The van der Waals surface area contributed by atoms with Crippen molar-refractivity contribution < 1.29 is 4.74 Å². The Morgan fingerprint density at radius 1 is 1.57 bits per heavy atom. The minimum absolute atomic E-state index is 0.154. The van der Waals surface area contributed by atoms with E-state index in [0.29, 0.717) is 28.1 Å². The zero-order chi connectivity index (χ0) is 15.0. The normalized spacial score (nSPS) is 14.0. The summed E-state index contributed by atoms with van der Waals surface area (Å²) in [7, 11) is 1.62. The number of rotatable bonds is 4. The van der Waals surface area contributed by atoms with Gasteiger partial charge in [0.1, 0.15) is 18.4 Å². The minimum Gasteiger partial charge on any atom is -0.485 e. The topological polar surface area (TPSA) is 83.7 Å². The molecule has 0 aliphatic heterocycles. The highest BCUT2D eigenvalue weighted by Gasteiger charge is 2.28. The molecule has 6 nitrogen and oxygen atoms in total. The number of aromatic amines is 1. The lowest BCUT2D eigenvalue weighted by Gasteiger charge is -2.12. The monoisotopic (exact) mass is 304 g/mol. The van der Waals surface area contributed by atoms with Crippen molar-refractivity contribution in [3.05, 3.63) is 44.6 Å². The Morgan fingerprint density at radius 2 is 2.33 bits per heavy atom. The van der Waals surface area contributed by atoms with E-state index in [1.165, 1.54) is 4.57 Å². The molecule has 1 N–H and O–H groups in total. The van der Waals surface area contributed by atoms with Crippen LogP contribution < -0.4 is 10.4 Å². The molecule has 108 valence electrons. The number of benzene rings is 1. The predicted molar refractivity (Wildman–Crippen MR) is 76.3 cm³/mol. The molecule has 3 rings (SSSR count). The summed E-state index contributed by atoms with van der Waals surface area (Å²) in [5.41, 5.74) is 1.11. The van der Waals surface area contributed by atoms with Gasteiger partial charge in [0.25, 0.3) is 0 Å². The van der Waals surface area contributed by atoms with Crippen LogP contribution in [-0.4, -0.2) is 14.8 Å². The number of nitrogens with zero attached hydrogens (tertiary/aromatic N) is 3. The van der Waals surface area contributed by atoms with Crippen LogP contribution >= 0.6 is 11.6 Å². The number of ether oxygens (including phenoxy) is 1. The van der Waals surface area contributed by atoms with Gasteiger partial charge in [0.05, 0.1) is 10.6 Å². The van der Waals surface area contributed by atoms with Crippen LogP contribution in [0.25, 0.3) is 0 Å². The second-order valence-electron chi connectivity index (χ2n) is 5.05. The van der Waals surface area contributed by atoms with E-state index in [0.717, 1.165) is 18.4 Å². The minimum atomic E-state index is -0.287. The van der Waals surface area contributed by atoms with Crippen LogP contribution in [0, 0.1) is 11.3 Å². The number of hydrogen-bond donors (Lipinski definition) is 1. The maximum absolute atomic E-state index is 11.3. The van der Waals surface area contributed by atoms with E-state index >= 15 is 0 Å². The smallest absolute Gasteiger partial charge is 0.343 e. The van der Waals surface area contributed by atoms with Crippen molar-refractivity contribution in [2.75, 3.05) is 0 Å². The second-order valence-corrected chi connectivity index (χ2v) is 5.46. The third kappa shape index (κ3) is 2.65. The van der Waals surface area contributed by atoms with Gasteiger partial charge in [0, 0.05) is 7.05 Å². The van der Waals surface area contributed by atoms with Crippen LogP contribution in [-0.2, 0) is 13.7 Å². The average Bonchev–Trinajstić information content (AvgIpc) is 3.27. The van der Waals surface area contributed by atoms with Gasteiger partial charge in [-0.15, -0.1) is 0 Å². The Hall–Kier alpha value is -2.26. The van der Waals surface area contributed by atoms with Gasteiger partial charge in [-0.1, -0.05) is 11.6 Å². The van der Waals surface area contributed by atoms with Crippen LogP contribution in [0.5, 0.6) is 5.75 Å². The first-order valence-corrected chi connectivity index (χ1v) is 6.94. The van der Waals surface area contributed by atoms with Crippen LogP contribution in [0.4, 0.5) is 0 Å². The highest BCUT2D eigenvalue weighted by Crippen LogP contribution is 2.46. The molecule has 1 heterocycles. The Labute approximate surface area is 125 Å². The van der Waals surface area contributed by atoms with Gasteiger partial charge in [0.2, 0.25) is 0 Å². The van der Waals surface area contributed by atoms with E-state index < -0.39 is 0 Å². The van der Waals surface area contributed by atoms with E-state index in [1.807, 2.05) is 6.07 Å². The predicted octanol–water partition coefficient (Wildman–Crippen LogP) is 2.09. The first-order valence-electron chi connectivity index (χ1n) is 6.56. The summed E-state index contributed by atoms with van der Waals surface area (Å²) < 4.78 is 7.15. The third-order valence-corrected chi connectivity index (χ3v) is 3.88. The summed E-state index contributed by atoms with van der Waals surface area (Å²) in [6.07, 6.45) is 2.19. The van der Waals surface area contributed by atoms with E-state index in [1.54, 1.807) is 19.2 Å². The number of hydrogen-bond acceptors (Lipinski definition) is 4. The van der Waals surface area contributed by atoms with Crippen LogP contribution in [0.2, 0.25) is 5.02 Å². The van der Waals surface area contributed by atoms with Crippen LogP contribution in [0.3, 0.4) is 0 Å². The third-order valence-electron chi connectivity index (χ3n) is 3.57. The Balaban J connectivity index is 1.89. The quantitative estimate of drug-likeness (QED) is 0.937. The second kappa shape index (κ2) is 5.26. The lowest BCUT2D eigenvalue weighted by Crippen LogP contribution is -2.15. The molecule has 0 bridgehead atoms. The van der Waals surface area contributed by atoms with Gasteiger partial charge in [0.15, 0.2) is 5.82 Å². The van der Waals surface area contributed by atoms with E-state index in [4.69, 9.17) is 21.6 Å². The Morgan fingerprint density at radius 3 is 2.90 bits per heavy atom. The molecule has 0 unspecified atom stereocenters. The summed E-state index contributed by atoms with van der Waals surface area (Å²) >= 11 is 6.08. The van der Waals surface area contributed by atoms with Crippen LogP contribution in [0.1, 0.15) is 35.7 Å². The average molecular weight is 305 g/mol. The van der Waals surface area contributed by atoms with Gasteiger partial charge >= 0.3 is 5.69 Å². The molecule has 0 atom stereocenters. The fraction of sp³-hybridized carbons (Fsp3) is 0.357. The maximum Gasteiger partial charge on any atom is 0.343 e. The van der Waals surface area contributed by atoms with Gasteiger partial charge in [-0.05, 0) is 36.5 Å². The molecule has 0 spiro atoms. The van der Waals surface area contributed by atoms with Crippen molar-refractivity contribution >= 4 is 11.6 Å². The number of aromatic nitrogens is 3. The number of nitrogens with one attached hydrogen (secondary N) is 1. The molecule has 1 fully saturated rings. The SMILES string of the molecule is Cn1c(COc2cc(C#N)c(Cl)cc2C2CC2)n[nH]c1=O. The van der Waals surface area contributed by atoms with E-state index in [9.17, 15) is 4.79 Å². The van der Waals surface area contributed by atoms with Crippen molar-refractivity contribution in [3.8, 4) is 11.8 Å². The number of H-pyrrole nitrogens is 1. The van der Waals surface area contributed by atoms with E-state index in [-0.39, 0.29) is 12.3 Å². The molecule has 2 aromatic rings. The molecular formula is C14H13ClN4O2. The summed E-state index contributed by atoms with van der Waals surface area (Å²) in [4.78, 5) is 11.3. The molecule has 0 radical (unpaired) electrons. The van der Waals surface area contributed by atoms with Gasteiger partial charge < -0.3 is 4.74 Å². The fourth-order valence-corrected chi connectivity index (χ4v) is 2.36. The highest BCUT2D eigenvalue weighted by atomic mass is 35.5. The zero-order valence-electron chi connectivity index (χ0n) is 11.4. The fourth-order valence-electron chi connectivity index (χ4n) is 2.14. The van der Waals surface area contributed by atoms with Crippen LogP contribution in [0.15, 0.2) is 16.9 Å². The zero-order valence-corrected chi connectivity index (χ0v) is 12.1. The Bertz CT molecular complexity index is 783. The summed E-state index contributed by atoms with van der Waals surface area (Å²) in [5.74, 6) is 1.57. The summed E-state index contributed by atoms with van der Waals surface area (Å²) in [5, 5.41) is 15.8. The molecule has 1 aromatic carbocycles. The Kier molecular flexibility index (Phi) is 3.43. The standard InChI is InChI=1S/C14H13ClN4O2/c1-19-13(17-18-14(19)20)7-21-12-4-9(6-16)11(15)5-10(12)8-2-3-8/h4-5,8H,2-3,7H2,1H3,(H,18,20). The maximum atomic E-state index is 11.3. The summed E-state index contributed by atoms with van der Waals surface area (Å²) in [6, 6.07) is 5.50. The molecule has 0 amide bonds. The molecule has 1 aromatic heterocycles. The van der Waals surface area contributed by atoms with Crippen molar-refractivity contribution in [2.45, 2.75) is 25.4 Å². The van der Waals surface area contributed by atoms with Crippen molar-refractivity contribution in [2.24, 2.45) is 7.05 Å². The van der Waals surface area contributed by atoms with Crippen molar-refractivity contribution in [3.63, 3.8) is 0 Å². The molecule has 1 aliphatic carbocycles. The number of halogens is 1. The largest absolute Gasteiger partial charge is 0.485 e. The van der Waals surface area contributed by atoms with Gasteiger partial charge in [-0.3, -0.25) is 4.57 Å². The first kappa shape index (κ1) is 13.7. The van der Waals surface area contributed by atoms with E-state index in [2.05, 4.69) is 10.2 Å². The lowest BCUT2D eigenvalue weighted by atomic mass is 10.1. The molecule has 21 heavy (non-hydrogen) atoms. The van der Waals surface area contributed by atoms with Gasteiger partial charge in [-0.2, -0.15) is 10.4 Å².